The van der Waals surface area contributed by atoms with E-state index in [9.17, 15) is 4.57 Å². The molecule has 0 aromatic rings. The molecule has 13 heteroatoms. The third-order valence-electron chi connectivity index (χ3n) is 3.30. The summed E-state index contributed by atoms with van der Waals surface area (Å²) < 4.78 is 63.9. The van der Waals surface area contributed by atoms with E-state index in [1.807, 2.05) is 0 Å². The Balaban J connectivity index is 3.30. The fourth-order valence-corrected chi connectivity index (χ4v) is 3.34. The van der Waals surface area contributed by atoms with Crippen LogP contribution in [0.15, 0.2) is 0 Å². The summed E-state index contributed by atoms with van der Waals surface area (Å²) in [5.74, 6) is 0. The number of rotatable bonds is 26. The van der Waals surface area contributed by atoms with E-state index in [1.54, 1.807) is 14.2 Å². The van der Waals surface area contributed by atoms with Crippen LogP contribution in [-0.2, 0) is 51.5 Å². The van der Waals surface area contributed by atoms with Crippen molar-refractivity contribution in [1.82, 2.24) is 0 Å². The second kappa shape index (κ2) is 24.9. The van der Waals surface area contributed by atoms with Crippen molar-refractivity contribution in [3.05, 3.63) is 0 Å². The minimum absolute atomic E-state index is 0.129. The molecule has 0 radical (unpaired) electrons. The van der Waals surface area contributed by atoms with Crippen LogP contribution in [0.1, 0.15) is 0 Å². The topological polar surface area (TPSA) is 109 Å². The van der Waals surface area contributed by atoms with Crippen molar-refractivity contribution in [2.75, 3.05) is 120 Å². The van der Waals surface area contributed by atoms with Crippen LogP contribution < -0.4 is 0 Å². The molecule has 31 heavy (non-hydrogen) atoms. The highest BCUT2D eigenvalue weighted by molar-refractivity contribution is 9.39. The molecule has 11 nitrogen and oxygen atoms in total. The van der Waals surface area contributed by atoms with Gasteiger partial charge < -0.3 is 37.9 Å². The van der Waals surface area contributed by atoms with Gasteiger partial charge in [-0.1, -0.05) is 0 Å². The molecule has 188 valence electrons. The SMILES string of the molecule is COCCOCCOCCOCCOP(=O)(Br)OCCOCCOCCOCCOC. The molecule has 0 aromatic heterocycles. The molecular weight excluding hydrogens is 503 g/mol. The first-order chi connectivity index (χ1) is 15.1. The Morgan fingerprint density at radius 3 is 0.935 bits per heavy atom. The van der Waals surface area contributed by atoms with Crippen LogP contribution in [0.25, 0.3) is 0 Å². The highest BCUT2D eigenvalue weighted by Gasteiger charge is 2.19. The van der Waals surface area contributed by atoms with Gasteiger partial charge in [-0.05, 0) is 0 Å². The van der Waals surface area contributed by atoms with Gasteiger partial charge in [-0.25, -0.2) is 4.57 Å². The summed E-state index contributed by atoms with van der Waals surface area (Å²) in [4.78, 5) is 0. The minimum atomic E-state index is -3.32. The van der Waals surface area contributed by atoms with Crippen molar-refractivity contribution in [3.8, 4) is 0 Å². The maximum atomic E-state index is 12.0. The lowest BCUT2D eigenvalue weighted by molar-refractivity contribution is -0.00262. The molecule has 0 rings (SSSR count). The predicted octanol–water partition coefficient (Wildman–Crippen LogP) is 1.92. The van der Waals surface area contributed by atoms with E-state index >= 15 is 0 Å². The molecule has 0 aliphatic carbocycles. The Morgan fingerprint density at radius 1 is 0.452 bits per heavy atom. The molecule has 0 bridgehead atoms. The van der Waals surface area contributed by atoms with Gasteiger partial charge in [-0.15, -0.1) is 0 Å². The van der Waals surface area contributed by atoms with Gasteiger partial charge >= 0.3 is 6.30 Å². The lowest BCUT2D eigenvalue weighted by Gasteiger charge is -2.13. The molecular formula is C18H38BrO11P. The molecule has 0 saturated heterocycles. The summed E-state index contributed by atoms with van der Waals surface area (Å²) in [5.41, 5.74) is 0. The first kappa shape index (κ1) is 31.3. The monoisotopic (exact) mass is 540 g/mol. The fourth-order valence-electron chi connectivity index (χ4n) is 1.82. The largest absolute Gasteiger partial charge is 0.396 e. The van der Waals surface area contributed by atoms with Gasteiger partial charge in [-0.2, -0.15) is 0 Å². The number of halogens is 1. The fraction of sp³-hybridized carbons (Fsp3) is 1.00. The highest BCUT2D eigenvalue weighted by atomic mass is 79.9. The van der Waals surface area contributed by atoms with Crippen LogP contribution in [0.4, 0.5) is 0 Å². The first-order valence-electron chi connectivity index (χ1n) is 10.2. The van der Waals surface area contributed by atoms with Crippen LogP contribution in [0, 0.1) is 0 Å². The minimum Gasteiger partial charge on any atom is -0.382 e. The molecule has 0 heterocycles. The van der Waals surface area contributed by atoms with Crippen molar-refractivity contribution < 1.29 is 51.5 Å². The number of ether oxygens (including phenoxy) is 8. The van der Waals surface area contributed by atoms with Gasteiger partial charge in [-0.3, -0.25) is 9.05 Å². The van der Waals surface area contributed by atoms with Crippen LogP contribution in [0.5, 0.6) is 0 Å². The molecule has 0 aliphatic heterocycles. The Kier molecular flexibility index (Phi) is 25.2. The Labute approximate surface area is 193 Å². The summed E-state index contributed by atoms with van der Waals surface area (Å²) in [6.45, 7) is 6.75. The second-order valence-corrected chi connectivity index (χ2v) is 9.74. The zero-order valence-corrected chi connectivity index (χ0v) is 21.1. The van der Waals surface area contributed by atoms with Crippen molar-refractivity contribution in [2.24, 2.45) is 0 Å². The average Bonchev–Trinajstić information content (AvgIpc) is 2.75. The predicted molar refractivity (Wildman–Crippen MR) is 117 cm³/mol. The van der Waals surface area contributed by atoms with Gasteiger partial charge in [0.1, 0.15) is 0 Å². The number of methoxy groups -OCH3 is 2. The normalized spacial score (nSPS) is 12.0. The summed E-state index contributed by atoms with van der Waals surface area (Å²) in [5, 5.41) is 0. The van der Waals surface area contributed by atoms with E-state index in [0.717, 1.165) is 0 Å². The van der Waals surface area contributed by atoms with Crippen LogP contribution >= 0.6 is 21.8 Å². The van der Waals surface area contributed by atoms with Crippen molar-refractivity contribution in [2.45, 2.75) is 0 Å². The quantitative estimate of drug-likeness (QED) is 0.118. The molecule has 0 saturated carbocycles. The first-order valence-corrected chi connectivity index (χ1v) is 13.7. The van der Waals surface area contributed by atoms with Gasteiger partial charge in [0.05, 0.1) is 106 Å². The summed E-state index contributed by atoms with van der Waals surface area (Å²) in [7, 11) is 3.25. The van der Waals surface area contributed by atoms with Crippen molar-refractivity contribution >= 4 is 21.8 Å². The standard InChI is InChI=1S/C18H38BrO11P/c1-21-3-5-23-7-9-25-11-13-27-15-17-29-31(19,20)30-18-16-28-14-12-26-10-8-24-6-4-22-2/h3-18H2,1-2H3. The maximum absolute atomic E-state index is 12.0. The molecule has 0 atom stereocenters. The van der Waals surface area contributed by atoms with E-state index in [-0.39, 0.29) is 26.4 Å². The van der Waals surface area contributed by atoms with E-state index in [2.05, 4.69) is 15.5 Å². The Morgan fingerprint density at radius 2 is 0.677 bits per heavy atom. The lowest BCUT2D eigenvalue weighted by atomic mass is 10.7. The van der Waals surface area contributed by atoms with Crippen molar-refractivity contribution in [1.29, 1.82) is 0 Å². The third kappa shape index (κ3) is 26.4. The van der Waals surface area contributed by atoms with Gasteiger partial charge in [0.15, 0.2) is 0 Å². The maximum Gasteiger partial charge on any atom is 0.396 e. The van der Waals surface area contributed by atoms with Crippen molar-refractivity contribution in [3.63, 3.8) is 0 Å². The van der Waals surface area contributed by atoms with Gasteiger partial charge in [0, 0.05) is 29.7 Å². The summed E-state index contributed by atoms with van der Waals surface area (Å²) >= 11 is 2.95. The zero-order chi connectivity index (χ0) is 22.9. The molecule has 0 aliphatic rings. The Hall–Kier alpha value is 0.310. The van der Waals surface area contributed by atoms with E-state index < -0.39 is 6.30 Å². The highest BCUT2D eigenvalue weighted by Crippen LogP contribution is 2.55. The number of hydrogen-bond acceptors (Lipinski definition) is 11. The number of hydrogen-bond donors (Lipinski definition) is 0. The molecule has 0 N–H and O–H groups in total. The third-order valence-corrected chi connectivity index (χ3v) is 5.51. The average molecular weight is 541 g/mol. The second-order valence-electron chi connectivity index (χ2n) is 5.76. The smallest absolute Gasteiger partial charge is 0.382 e. The zero-order valence-electron chi connectivity index (χ0n) is 18.6. The van der Waals surface area contributed by atoms with Gasteiger partial charge in [0.2, 0.25) is 0 Å². The molecule has 0 amide bonds. The van der Waals surface area contributed by atoms with Gasteiger partial charge in [0.25, 0.3) is 0 Å². The molecule has 0 fully saturated rings. The molecule has 0 spiro atoms. The van der Waals surface area contributed by atoms with E-state index in [1.165, 1.54) is 0 Å². The molecule has 0 aromatic carbocycles. The summed E-state index contributed by atoms with van der Waals surface area (Å²) in [6, 6.07) is 0. The Bertz CT molecular complexity index is 375. The van der Waals surface area contributed by atoms with E-state index in [0.29, 0.717) is 79.3 Å². The van der Waals surface area contributed by atoms with E-state index in [4.69, 9.17) is 46.9 Å². The lowest BCUT2D eigenvalue weighted by Crippen LogP contribution is -2.13. The van der Waals surface area contributed by atoms with Crippen LogP contribution in [-0.4, -0.2) is 120 Å². The van der Waals surface area contributed by atoms with Crippen LogP contribution in [0.2, 0.25) is 0 Å². The summed E-state index contributed by atoms with van der Waals surface area (Å²) in [6.07, 6.45) is -3.32. The van der Waals surface area contributed by atoms with Crippen LogP contribution in [0.3, 0.4) is 0 Å². The molecule has 0 unspecified atom stereocenters.